The first-order chi connectivity index (χ1) is 10.1. The number of nitrogens with zero attached hydrogens (tertiary/aromatic N) is 2. The summed E-state index contributed by atoms with van der Waals surface area (Å²) < 4.78 is 6.69. The summed E-state index contributed by atoms with van der Waals surface area (Å²) in [5.41, 5.74) is 6.23. The zero-order valence-electron chi connectivity index (χ0n) is 11.2. The first-order valence-corrected chi connectivity index (χ1v) is 6.17. The molecule has 0 aliphatic heterocycles. The first kappa shape index (κ1) is 12.9. The summed E-state index contributed by atoms with van der Waals surface area (Å²) in [5, 5.41) is 0. The third kappa shape index (κ3) is 2.25. The molecule has 3 heterocycles. The fraction of sp³-hybridized carbons (Fsp3) is 0.0714. The number of pyridine rings is 1. The molecule has 0 aliphatic rings. The van der Waals surface area contributed by atoms with Crippen LogP contribution in [0.1, 0.15) is 0 Å². The van der Waals surface area contributed by atoms with Gasteiger partial charge < -0.3 is 14.7 Å². The van der Waals surface area contributed by atoms with E-state index < -0.39 is 5.56 Å². The molecule has 0 aromatic carbocycles. The number of nitrogen functional groups attached to an aromatic ring is 1. The average molecular weight is 284 g/mol. The second-order valence-electron chi connectivity index (χ2n) is 4.52. The van der Waals surface area contributed by atoms with Gasteiger partial charge >= 0.3 is 0 Å². The van der Waals surface area contributed by atoms with Crippen LogP contribution in [0.3, 0.4) is 0 Å². The van der Waals surface area contributed by atoms with Crippen LogP contribution >= 0.6 is 0 Å². The molecule has 21 heavy (non-hydrogen) atoms. The number of anilines is 1. The Kier molecular flexibility index (Phi) is 2.94. The smallest absolute Gasteiger partial charge is 0.260 e. The van der Waals surface area contributed by atoms with Gasteiger partial charge in [-0.15, -0.1) is 0 Å². The van der Waals surface area contributed by atoms with Crippen LogP contribution in [0.25, 0.3) is 22.6 Å². The molecule has 0 saturated heterocycles. The summed E-state index contributed by atoms with van der Waals surface area (Å²) in [6, 6.07) is 6.33. The molecule has 0 bridgehead atoms. The second kappa shape index (κ2) is 4.78. The van der Waals surface area contributed by atoms with Crippen molar-refractivity contribution in [2.75, 3.05) is 5.73 Å². The van der Waals surface area contributed by atoms with Gasteiger partial charge in [-0.1, -0.05) is 0 Å². The van der Waals surface area contributed by atoms with Gasteiger partial charge in [-0.05, 0) is 18.2 Å². The highest BCUT2D eigenvalue weighted by Crippen LogP contribution is 2.27. The number of furan rings is 1. The number of nitrogens with one attached hydrogen (secondary N) is 1. The second-order valence-corrected chi connectivity index (χ2v) is 4.52. The Morgan fingerprint density at radius 2 is 2.10 bits per heavy atom. The lowest BCUT2D eigenvalue weighted by molar-refractivity contribution is 0.580. The van der Waals surface area contributed by atoms with Crippen LogP contribution in [0.15, 0.2) is 50.7 Å². The van der Waals surface area contributed by atoms with E-state index in [2.05, 4.69) is 9.97 Å². The van der Waals surface area contributed by atoms with Crippen molar-refractivity contribution in [2.24, 2.45) is 7.05 Å². The molecule has 7 nitrogen and oxygen atoms in total. The van der Waals surface area contributed by atoms with E-state index in [4.69, 9.17) is 10.2 Å². The SMILES string of the molecule is Cn1cc(-c2c(-c3ccco3)nc(N)[nH]c2=O)ccc1=O. The Morgan fingerprint density at radius 1 is 1.29 bits per heavy atom. The molecule has 0 radical (unpaired) electrons. The molecule has 3 aromatic heterocycles. The van der Waals surface area contributed by atoms with Crippen LogP contribution in [0.2, 0.25) is 0 Å². The molecule has 0 saturated carbocycles. The molecule has 0 fully saturated rings. The molecule has 3 aromatic rings. The summed E-state index contributed by atoms with van der Waals surface area (Å²) in [4.78, 5) is 30.3. The van der Waals surface area contributed by atoms with E-state index in [9.17, 15) is 9.59 Å². The number of nitrogens with two attached hydrogens (primary N) is 1. The van der Waals surface area contributed by atoms with Crippen molar-refractivity contribution in [3.8, 4) is 22.6 Å². The average Bonchev–Trinajstić information content (AvgIpc) is 2.95. The lowest BCUT2D eigenvalue weighted by atomic mass is 10.1. The zero-order valence-corrected chi connectivity index (χ0v) is 11.2. The molecule has 0 amide bonds. The summed E-state index contributed by atoms with van der Waals surface area (Å²) in [5.74, 6) is 0.427. The minimum Gasteiger partial charge on any atom is -0.463 e. The minimum atomic E-state index is -0.396. The maximum atomic E-state index is 12.2. The largest absolute Gasteiger partial charge is 0.463 e. The van der Waals surface area contributed by atoms with Gasteiger partial charge in [0.15, 0.2) is 5.76 Å². The number of hydrogen-bond acceptors (Lipinski definition) is 5. The summed E-state index contributed by atoms with van der Waals surface area (Å²) in [6.07, 6.45) is 3.05. The summed E-state index contributed by atoms with van der Waals surface area (Å²) in [6.45, 7) is 0. The van der Waals surface area contributed by atoms with Crippen molar-refractivity contribution >= 4 is 5.95 Å². The van der Waals surface area contributed by atoms with Gasteiger partial charge in [-0.25, -0.2) is 4.98 Å². The lowest BCUT2D eigenvalue weighted by Gasteiger charge is -2.08. The summed E-state index contributed by atoms with van der Waals surface area (Å²) in [7, 11) is 1.61. The van der Waals surface area contributed by atoms with Gasteiger partial charge in [-0.3, -0.25) is 14.6 Å². The Balaban J connectivity index is 2.34. The predicted octanol–water partition coefficient (Wildman–Crippen LogP) is 0.978. The lowest BCUT2D eigenvalue weighted by Crippen LogP contribution is -2.18. The van der Waals surface area contributed by atoms with Crippen LogP contribution in [-0.4, -0.2) is 14.5 Å². The number of aromatic amines is 1. The van der Waals surface area contributed by atoms with Crippen molar-refractivity contribution in [3.05, 3.63) is 57.4 Å². The highest BCUT2D eigenvalue weighted by atomic mass is 16.3. The molecule has 3 rings (SSSR count). The number of rotatable bonds is 2. The van der Waals surface area contributed by atoms with Gasteiger partial charge in [0.05, 0.1) is 11.8 Å². The fourth-order valence-electron chi connectivity index (χ4n) is 2.09. The van der Waals surface area contributed by atoms with Crippen molar-refractivity contribution in [1.29, 1.82) is 0 Å². The number of aryl methyl sites for hydroxylation is 1. The summed E-state index contributed by atoms with van der Waals surface area (Å²) >= 11 is 0. The highest BCUT2D eigenvalue weighted by molar-refractivity contribution is 5.77. The Labute approximate surface area is 118 Å². The third-order valence-corrected chi connectivity index (χ3v) is 3.07. The minimum absolute atomic E-state index is 0.0000278. The molecule has 3 N–H and O–H groups in total. The topological polar surface area (TPSA) is 107 Å². The van der Waals surface area contributed by atoms with Gasteiger partial charge in [0.2, 0.25) is 11.5 Å². The van der Waals surface area contributed by atoms with E-state index in [0.29, 0.717) is 22.6 Å². The van der Waals surface area contributed by atoms with Crippen LogP contribution in [-0.2, 0) is 7.05 Å². The highest BCUT2D eigenvalue weighted by Gasteiger charge is 2.17. The van der Waals surface area contributed by atoms with Gasteiger partial charge in [0.1, 0.15) is 5.69 Å². The van der Waals surface area contributed by atoms with E-state index in [1.807, 2.05) is 0 Å². The Bertz CT molecular complexity index is 907. The van der Waals surface area contributed by atoms with E-state index in [-0.39, 0.29) is 11.5 Å². The predicted molar refractivity (Wildman–Crippen MR) is 77.6 cm³/mol. The molecule has 7 heteroatoms. The molecular formula is C14H12N4O3. The van der Waals surface area contributed by atoms with Crippen LogP contribution < -0.4 is 16.9 Å². The quantitative estimate of drug-likeness (QED) is 0.729. The van der Waals surface area contributed by atoms with Crippen molar-refractivity contribution in [3.63, 3.8) is 0 Å². The number of hydrogen-bond donors (Lipinski definition) is 2. The molecule has 0 aliphatic carbocycles. The molecule has 0 spiro atoms. The van der Waals surface area contributed by atoms with Gasteiger partial charge in [-0.2, -0.15) is 0 Å². The van der Waals surface area contributed by atoms with E-state index in [1.54, 1.807) is 31.4 Å². The Hall–Kier alpha value is -3.09. The van der Waals surface area contributed by atoms with Crippen molar-refractivity contribution in [1.82, 2.24) is 14.5 Å². The van der Waals surface area contributed by atoms with E-state index in [0.717, 1.165) is 0 Å². The Morgan fingerprint density at radius 3 is 2.76 bits per heavy atom. The van der Waals surface area contributed by atoms with Crippen molar-refractivity contribution < 1.29 is 4.42 Å². The molecule has 0 unspecified atom stereocenters. The van der Waals surface area contributed by atoms with E-state index >= 15 is 0 Å². The van der Waals surface area contributed by atoms with Crippen LogP contribution in [0.5, 0.6) is 0 Å². The van der Waals surface area contributed by atoms with Crippen LogP contribution in [0, 0.1) is 0 Å². The normalized spacial score (nSPS) is 10.7. The standard InChI is InChI=1S/C14H12N4O3/c1-18-7-8(4-5-10(18)19)11-12(9-3-2-6-21-9)16-14(15)17-13(11)20/h2-7H,1H3,(H3,15,16,17,20). The third-order valence-electron chi connectivity index (χ3n) is 3.07. The van der Waals surface area contributed by atoms with Crippen molar-refractivity contribution in [2.45, 2.75) is 0 Å². The van der Waals surface area contributed by atoms with Gasteiger partial charge in [0.25, 0.3) is 5.56 Å². The van der Waals surface area contributed by atoms with Crippen LogP contribution in [0.4, 0.5) is 5.95 Å². The first-order valence-electron chi connectivity index (χ1n) is 6.17. The van der Waals surface area contributed by atoms with E-state index in [1.165, 1.54) is 16.9 Å². The maximum Gasteiger partial charge on any atom is 0.260 e. The number of H-pyrrole nitrogens is 1. The monoisotopic (exact) mass is 284 g/mol. The molecular weight excluding hydrogens is 272 g/mol. The number of aromatic nitrogens is 3. The fourth-order valence-corrected chi connectivity index (χ4v) is 2.09. The van der Waals surface area contributed by atoms with Gasteiger partial charge in [0, 0.05) is 24.9 Å². The molecule has 106 valence electrons. The maximum absolute atomic E-state index is 12.2. The zero-order chi connectivity index (χ0) is 15.0. The molecule has 0 atom stereocenters.